The summed E-state index contributed by atoms with van der Waals surface area (Å²) >= 11 is 0. The number of hydrogen-bond acceptors (Lipinski definition) is 2. The standard InChI is InChI=1S/C16H23NO/c1-10-7-12(3)15(8-11(10)2)16(18)14-5-6-17-9-13(14)4/h7-8,13-14,17H,5-6,9H2,1-4H3. The maximum Gasteiger partial charge on any atom is 0.166 e. The molecule has 2 nitrogen and oxygen atoms in total. The van der Waals surface area contributed by atoms with Crippen molar-refractivity contribution in [3.63, 3.8) is 0 Å². The van der Waals surface area contributed by atoms with Gasteiger partial charge in [-0.2, -0.15) is 0 Å². The van der Waals surface area contributed by atoms with Crippen molar-refractivity contribution in [2.24, 2.45) is 11.8 Å². The molecule has 2 unspecified atom stereocenters. The Labute approximate surface area is 110 Å². The van der Waals surface area contributed by atoms with E-state index in [9.17, 15) is 4.79 Å². The topological polar surface area (TPSA) is 29.1 Å². The van der Waals surface area contributed by atoms with Gasteiger partial charge in [-0.3, -0.25) is 4.79 Å². The van der Waals surface area contributed by atoms with E-state index in [1.54, 1.807) is 0 Å². The van der Waals surface area contributed by atoms with Crippen LogP contribution in [0.5, 0.6) is 0 Å². The minimum atomic E-state index is 0.187. The fraction of sp³-hybridized carbons (Fsp3) is 0.562. The van der Waals surface area contributed by atoms with Crippen molar-refractivity contribution in [3.05, 3.63) is 34.4 Å². The largest absolute Gasteiger partial charge is 0.316 e. The average molecular weight is 245 g/mol. The Kier molecular flexibility index (Phi) is 3.86. The normalized spacial score (nSPS) is 24.0. The second-order valence-corrected chi connectivity index (χ2v) is 5.69. The lowest BCUT2D eigenvalue weighted by Crippen LogP contribution is -2.39. The van der Waals surface area contributed by atoms with Crippen molar-refractivity contribution in [3.8, 4) is 0 Å². The fourth-order valence-corrected chi connectivity index (χ4v) is 2.83. The summed E-state index contributed by atoms with van der Waals surface area (Å²) in [6.07, 6.45) is 0.965. The smallest absolute Gasteiger partial charge is 0.166 e. The van der Waals surface area contributed by atoms with Gasteiger partial charge in [0.2, 0.25) is 0 Å². The zero-order valence-electron chi connectivity index (χ0n) is 11.8. The second kappa shape index (κ2) is 5.23. The van der Waals surface area contributed by atoms with Crippen LogP contribution in [-0.4, -0.2) is 18.9 Å². The Bertz CT molecular complexity index is 464. The molecule has 2 heteroatoms. The predicted octanol–water partition coefficient (Wildman–Crippen LogP) is 3.04. The van der Waals surface area contributed by atoms with E-state index in [-0.39, 0.29) is 5.92 Å². The van der Waals surface area contributed by atoms with Gasteiger partial charge in [-0.1, -0.05) is 13.0 Å². The van der Waals surface area contributed by atoms with E-state index < -0.39 is 0 Å². The first-order chi connectivity index (χ1) is 8.50. The van der Waals surface area contributed by atoms with Crippen molar-refractivity contribution in [1.82, 2.24) is 5.32 Å². The molecule has 1 aromatic rings. The number of aryl methyl sites for hydroxylation is 3. The third-order valence-electron chi connectivity index (χ3n) is 4.23. The van der Waals surface area contributed by atoms with Gasteiger partial charge in [0.1, 0.15) is 0 Å². The molecule has 0 spiro atoms. The lowest BCUT2D eigenvalue weighted by Gasteiger charge is -2.29. The number of Topliss-reactive ketones (excluding diaryl/α,β-unsaturated/α-hetero) is 1. The Morgan fingerprint density at radius 3 is 2.50 bits per heavy atom. The number of hydrogen-bond donors (Lipinski definition) is 1. The average Bonchev–Trinajstić information content (AvgIpc) is 2.33. The summed E-state index contributed by atoms with van der Waals surface area (Å²) < 4.78 is 0. The van der Waals surface area contributed by atoms with Crippen molar-refractivity contribution >= 4 is 5.78 Å². The first-order valence-corrected chi connectivity index (χ1v) is 6.83. The van der Waals surface area contributed by atoms with Crippen LogP contribution in [0.2, 0.25) is 0 Å². The molecule has 98 valence electrons. The Morgan fingerprint density at radius 1 is 1.17 bits per heavy atom. The summed E-state index contributed by atoms with van der Waals surface area (Å²) in [7, 11) is 0. The summed E-state index contributed by atoms with van der Waals surface area (Å²) in [5.41, 5.74) is 4.53. The lowest BCUT2D eigenvalue weighted by molar-refractivity contribution is 0.0847. The van der Waals surface area contributed by atoms with Gasteiger partial charge < -0.3 is 5.32 Å². The van der Waals surface area contributed by atoms with E-state index in [1.807, 2.05) is 6.92 Å². The van der Waals surface area contributed by atoms with E-state index in [0.29, 0.717) is 11.7 Å². The molecular formula is C16H23NO. The molecule has 1 aliphatic heterocycles. The van der Waals surface area contributed by atoms with Gasteiger partial charge in [0.05, 0.1) is 0 Å². The van der Waals surface area contributed by atoms with Crippen LogP contribution in [0.4, 0.5) is 0 Å². The molecule has 2 rings (SSSR count). The fourth-order valence-electron chi connectivity index (χ4n) is 2.83. The number of carbonyl (C=O) groups is 1. The molecule has 0 bridgehead atoms. The molecule has 1 heterocycles. The Hall–Kier alpha value is -1.15. The van der Waals surface area contributed by atoms with Gasteiger partial charge in [0, 0.05) is 11.5 Å². The SMILES string of the molecule is Cc1cc(C)c(C(=O)C2CCNCC2C)cc1C. The van der Waals surface area contributed by atoms with E-state index in [0.717, 1.165) is 30.6 Å². The molecule has 0 radical (unpaired) electrons. The number of ketones is 1. The number of benzene rings is 1. The third kappa shape index (κ3) is 2.49. The monoisotopic (exact) mass is 245 g/mol. The molecule has 18 heavy (non-hydrogen) atoms. The highest BCUT2D eigenvalue weighted by molar-refractivity contribution is 5.99. The van der Waals surface area contributed by atoms with Gasteiger partial charge in [-0.15, -0.1) is 0 Å². The quantitative estimate of drug-likeness (QED) is 0.811. The maximum atomic E-state index is 12.7. The number of carbonyl (C=O) groups excluding carboxylic acids is 1. The molecular weight excluding hydrogens is 222 g/mol. The van der Waals surface area contributed by atoms with Crippen LogP contribution < -0.4 is 5.32 Å². The second-order valence-electron chi connectivity index (χ2n) is 5.69. The van der Waals surface area contributed by atoms with Crippen molar-refractivity contribution in [2.75, 3.05) is 13.1 Å². The lowest BCUT2D eigenvalue weighted by atomic mass is 9.80. The Morgan fingerprint density at radius 2 is 1.83 bits per heavy atom. The highest BCUT2D eigenvalue weighted by Gasteiger charge is 2.29. The number of piperidine rings is 1. The van der Waals surface area contributed by atoms with Crippen LogP contribution in [-0.2, 0) is 0 Å². The van der Waals surface area contributed by atoms with E-state index in [2.05, 4.69) is 38.2 Å². The highest BCUT2D eigenvalue weighted by atomic mass is 16.1. The van der Waals surface area contributed by atoms with E-state index in [4.69, 9.17) is 0 Å². The molecule has 2 atom stereocenters. The van der Waals surface area contributed by atoms with Crippen LogP contribution in [0.1, 0.15) is 40.4 Å². The maximum absolute atomic E-state index is 12.7. The molecule has 1 aromatic carbocycles. The van der Waals surface area contributed by atoms with Crippen LogP contribution in [0, 0.1) is 32.6 Å². The van der Waals surface area contributed by atoms with Gasteiger partial charge in [0.15, 0.2) is 5.78 Å². The number of rotatable bonds is 2. The van der Waals surface area contributed by atoms with Crippen molar-refractivity contribution in [1.29, 1.82) is 0 Å². The van der Waals surface area contributed by atoms with Crippen LogP contribution >= 0.6 is 0 Å². The van der Waals surface area contributed by atoms with Gasteiger partial charge >= 0.3 is 0 Å². The molecule has 1 aliphatic rings. The van der Waals surface area contributed by atoms with Crippen LogP contribution in [0.15, 0.2) is 12.1 Å². The summed E-state index contributed by atoms with van der Waals surface area (Å²) in [5, 5.41) is 3.35. The van der Waals surface area contributed by atoms with E-state index >= 15 is 0 Å². The van der Waals surface area contributed by atoms with Crippen LogP contribution in [0.3, 0.4) is 0 Å². The number of nitrogens with one attached hydrogen (secondary N) is 1. The molecule has 1 fully saturated rings. The van der Waals surface area contributed by atoms with E-state index in [1.165, 1.54) is 11.1 Å². The predicted molar refractivity (Wildman–Crippen MR) is 75.1 cm³/mol. The molecule has 0 amide bonds. The van der Waals surface area contributed by atoms with Gasteiger partial charge in [-0.25, -0.2) is 0 Å². The third-order valence-corrected chi connectivity index (χ3v) is 4.23. The summed E-state index contributed by atoms with van der Waals surface area (Å²) in [6.45, 7) is 10.3. The summed E-state index contributed by atoms with van der Waals surface area (Å²) in [6, 6.07) is 4.20. The van der Waals surface area contributed by atoms with Crippen molar-refractivity contribution < 1.29 is 4.79 Å². The summed E-state index contributed by atoms with van der Waals surface area (Å²) in [4.78, 5) is 12.7. The zero-order valence-corrected chi connectivity index (χ0v) is 11.8. The van der Waals surface area contributed by atoms with Gasteiger partial charge in [-0.05, 0) is 69.0 Å². The first kappa shape index (κ1) is 13.3. The van der Waals surface area contributed by atoms with Crippen LogP contribution in [0.25, 0.3) is 0 Å². The minimum absolute atomic E-state index is 0.187. The molecule has 0 aromatic heterocycles. The molecule has 1 N–H and O–H groups in total. The zero-order chi connectivity index (χ0) is 13.3. The van der Waals surface area contributed by atoms with Gasteiger partial charge in [0.25, 0.3) is 0 Å². The first-order valence-electron chi connectivity index (χ1n) is 6.83. The highest BCUT2D eigenvalue weighted by Crippen LogP contribution is 2.26. The minimum Gasteiger partial charge on any atom is -0.316 e. The molecule has 0 aliphatic carbocycles. The Balaban J connectivity index is 2.30. The summed E-state index contributed by atoms with van der Waals surface area (Å²) in [5.74, 6) is 0.962. The molecule has 0 saturated carbocycles. The molecule has 1 saturated heterocycles. The van der Waals surface area contributed by atoms with Crippen molar-refractivity contribution in [2.45, 2.75) is 34.1 Å².